The second-order valence-corrected chi connectivity index (χ2v) is 4.32. The molecule has 0 unspecified atom stereocenters. The predicted molar refractivity (Wildman–Crippen MR) is 78.7 cm³/mol. The van der Waals surface area contributed by atoms with Crippen molar-refractivity contribution in [1.29, 1.82) is 0 Å². The first-order valence-electron chi connectivity index (χ1n) is 6.66. The van der Waals surface area contributed by atoms with E-state index in [1.807, 2.05) is 25.1 Å². The number of pyridine rings is 2. The highest BCUT2D eigenvalue weighted by Gasteiger charge is 2.05. The van der Waals surface area contributed by atoms with Gasteiger partial charge in [0.2, 0.25) is 0 Å². The van der Waals surface area contributed by atoms with Crippen LogP contribution in [0, 0.1) is 0 Å². The molecule has 0 saturated heterocycles. The van der Waals surface area contributed by atoms with Crippen LogP contribution in [0.1, 0.15) is 23.0 Å². The lowest BCUT2D eigenvalue weighted by Gasteiger charge is -2.08. The van der Waals surface area contributed by atoms with Gasteiger partial charge in [0.05, 0.1) is 0 Å². The molecule has 0 radical (unpaired) electrons. The standard InChI is InChI=1S/C15H18N4O/c1-2-17-15(20)14-11-13(6-10-19-14)18-9-5-12-3-7-16-8-4-12/h3-4,6-8,10-11H,2,5,9H2,1H3,(H,17,20)(H,18,19). The highest BCUT2D eigenvalue weighted by molar-refractivity contribution is 5.93. The van der Waals surface area contributed by atoms with E-state index in [4.69, 9.17) is 0 Å². The maximum Gasteiger partial charge on any atom is 0.269 e. The van der Waals surface area contributed by atoms with Crippen LogP contribution in [0.2, 0.25) is 0 Å². The predicted octanol–water partition coefficient (Wildman–Crippen LogP) is 1.88. The summed E-state index contributed by atoms with van der Waals surface area (Å²) in [5, 5.41) is 6.02. The Morgan fingerprint density at radius 1 is 1.20 bits per heavy atom. The van der Waals surface area contributed by atoms with Crippen LogP contribution >= 0.6 is 0 Å². The van der Waals surface area contributed by atoms with Gasteiger partial charge < -0.3 is 10.6 Å². The Balaban J connectivity index is 1.90. The van der Waals surface area contributed by atoms with Gasteiger partial charge in [0, 0.05) is 37.4 Å². The second-order valence-electron chi connectivity index (χ2n) is 4.32. The molecule has 0 saturated carbocycles. The molecular formula is C15H18N4O. The molecule has 104 valence electrons. The SMILES string of the molecule is CCNC(=O)c1cc(NCCc2ccncc2)ccn1. The van der Waals surface area contributed by atoms with Gasteiger partial charge in [-0.3, -0.25) is 14.8 Å². The van der Waals surface area contributed by atoms with Crippen LogP contribution in [0.3, 0.4) is 0 Å². The summed E-state index contributed by atoms with van der Waals surface area (Å²) in [6.07, 6.45) is 6.12. The third-order valence-electron chi connectivity index (χ3n) is 2.82. The first-order chi connectivity index (χ1) is 9.79. The average Bonchev–Trinajstić information content (AvgIpc) is 2.49. The highest BCUT2D eigenvalue weighted by Crippen LogP contribution is 2.08. The monoisotopic (exact) mass is 270 g/mol. The Labute approximate surface area is 118 Å². The number of hydrogen-bond acceptors (Lipinski definition) is 4. The van der Waals surface area contributed by atoms with Crippen molar-refractivity contribution in [1.82, 2.24) is 15.3 Å². The molecule has 0 aromatic carbocycles. The smallest absolute Gasteiger partial charge is 0.269 e. The molecule has 2 aromatic heterocycles. The number of carbonyl (C=O) groups is 1. The average molecular weight is 270 g/mol. The number of aromatic nitrogens is 2. The van der Waals surface area contributed by atoms with Gasteiger partial charge in [-0.1, -0.05) is 0 Å². The van der Waals surface area contributed by atoms with E-state index in [9.17, 15) is 4.79 Å². The van der Waals surface area contributed by atoms with Crippen LogP contribution < -0.4 is 10.6 Å². The van der Waals surface area contributed by atoms with Gasteiger partial charge in [0.1, 0.15) is 5.69 Å². The zero-order valence-corrected chi connectivity index (χ0v) is 11.5. The molecule has 2 rings (SSSR count). The van der Waals surface area contributed by atoms with E-state index in [2.05, 4.69) is 20.6 Å². The molecule has 2 N–H and O–H groups in total. The van der Waals surface area contributed by atoms with Gasteiger partial charge in [0.25, 0.3) is 5.91 Å². The number of anilines is 1. The van der Waals surface area contributed by atoms with Crippen molar-refractivity contribution in [3.63, 3.8) is 0 Å². The van der Waals surface area contributed by atoms with Crippen molar-refractivity contribution in [2.75, 3.05) is 18.4 Å². The molecule has 5 heteroatoms. The Kier molecular flexibility index (Phi) is 5.06. The Morgan fingerprint density at radius 2 is 2.00 bits per heavy atom. The summed E-state index contributed by atoms with van der Waals surface area (Å²) >= 11 is 0. The minimum Gasteiger partial charge on any atom is -0.385 e. The zero-order valence-electron chi connectivity index (χ0n) is 11.5. The summed E-state index contributed by atoms with van der Waals surface area (Å²) in [7, 11) is 0. The molecule has 0 atom stereocenters. The van der Waals surface area contributed by atoms with Crippen molar-refractivity contribution in [2.24, 2.45) is 0 Å². The molecule has 1 amide bonds. The molecule has 0 spiro atoms. The van der Waals surface area contributed by atoms with Crippen LogP contribution in [0.15, 0.2) is 42.9 Å². The van der Waals surface area contributed by atoms with Crippen LogP contribution in [0.4, 0.5) is 5.69 Å². The number of carbonyl (C=O) groups excluding carboxylic acids is 1. The summed E-state index contributed by atoms with van der Waals surface area (Å²) < 4.78 is 0. The number of nitrogens with zero attached hydrogens (tertiary/aromatic N) is 2. The highest BCUT2D eigenvalue weighted by atomic mass is 16.1. The lowest BCUT2D eigenvalue weighted by atomic mass is 10.2. The summed E-state index contributed by atoms with van der Waals surface area (Å²) in [6, 6.07) is 7.61. The first-order valence-corrected chi connectivity index (χ1v) is 6.66. The normalized spacial score (nSPS) is 10.1. The van der Waals surface area contributed by atoms with Gasteiger partial charge in [0.15, 0.2) is 0 Å². The molecular weight excluding hydrogens is 252 g/mol. The van der Waals surface area contributed by atoms with E-state index < -0.39 is 0 Å². The Bertz CT molecular complexity index is 557. The van der Waals surface area contributed by atoms with Gasteiger partial charge in [-0.25, -0.2) is 0 Å². The quantitative estimate of drug-likeness (QED) is 0.841. The fraction of sp³-hybridized carbons (Fsp3) is 0.267. The number of nitrogens with one attached hydrogen (secondary N) is 2. The minimum atomic E-state index is -0.148. The molecule has 0 aliphatic carbocycles. The van der Waals surface area contributed by atoms with Crippen molar-refractivity contribution in [2.45, 2.75) is 13.3 Å². The molecule has 2 aromatic rings. The third kappa shape index (κ3) is 4.05. The van der Waals surface area contributed by atoms with Crippen molar-refractivity contribution in [3.05, 3.63) is 54.1 Å². The maximum absolute atomic E-state index is 11.7. The second kappa shape index (κ2) is 7.23. The van der Waals surface area contributed by atoms with Gasteiger partial charge >= 0.3 is 0 Å². The number of hydrogen-bond donors (Lipinski definition) is 2. The van der Waals surface area contributed by atoms with Crippen molar-refractivity contribution < 1.29 is 4.79 Å². The van der Waals surface area contributed by atoms with Crippen LogP contribution in [-0.2, 0) is 6.42 Å². The molecule has 2 heterocycles. The van der Waals surface area contributed by atoms with Crippen LogP contribution in [0.25, 0.3) is 0 Å². The van der Waals surface area contributed by atoms with E-state index in [-0.39, 0.29) is 5.91 Å². The Morgan fingerprint density at radius 3 is 2.75 bits per heavy atom. The molecule has 0 fully saturated rings. The largest absolute Gasteiger partial charge is 0.385 e. The maximum atomic E-state index is 11.7. The van der Waals surface area contributed by atoms with E-state index in [0.29, 0.717) is 12.2 Å². The number of rotatable bonds is 6. The molecule has 0 aliphatic heterocycles. The van der Waals surface area contributed by atoms with Gasteiger partial charge in [-0.05, 0) is 43.2 Å². The third-order valence-corrected chi connectivity index (χ3v) is 2.82. The lowest BCUT2D eigenvalue weighted by Crippen LogP contribution is -2.23. The van der Waals surface area contributed by atoms with E-state index in [1.165, 1.54) is 5.56 Å². The van der Waals surface area contributed by atoms with Crippen molar-refractivity contribution >= 4 is 11.6 Å². The van der Waals surface area contributed by atoms with Gasteiger partial charge in [-0.2, -0.15) is 0 Å². The summed E-state index contributed by atoms with van der Waals surface area (Å²) in [4.78, 5) is 19.7. The Hall–Kier alpha value is -2.43. The summed E-state index contributed by atoms with van der Waals surface area (Å²) in [6.45, 7) is 3.28. The molecule has 20 heavy (non-hydrogen) atoms. The zero-order chi connectivity index (χ0) is 14.2. The van der Waals surface area contributed by atoms with Crippen LogP contribution in [0.5, 0.6) is 0 Å². The molecule has 5 nitrogen and oxygen atoms in total. The van der Waals surface area contributed by atoms with E-state index in [0.717, 1.165) is 18.7 Å². The van der Waals surface area contributed by atoms with Crippen molar-refractivity contribution in [3.8, 4) is 0 Å². The lowest BCUT2D eigenvalue weighted by molar-refractivity contribution is 0.0951. The van der Waals surface area contributed by atoms with Gasteiger partial charge in [-0.15, -0.1) is 0 Å². The fourth-order valence-electron chi connectivity index (χ4n) is 1.82. The fourth-order valence-corrected chi connectivity index (χ4v) is 1.82. The number of amides is 1. The van der Waals surface area contributed by atoms with Crippen LogP contribution in [-0.4, -0.2) is 29.0 Å². The summed E-state index contributed by atoms with van der Waals surface area (Å²) in [5.41, 5.74) is 2.56. The minimum absolute atomic E-state index is 0.148. The van der Waals surface area contributed by atoms with E-state index in [1.54, 1.807) is 24.7 Å². The topological polar surface area (TPSA) is 66.9 Å². The first kappa shape index (κ1) is 14.0. The summed E-state index contributed by atoms with van der Waals surface area (Å²) in [5.74, 6) is -0.148. The molecule has 0 bridgehead atoms. The van der Waals surface area contributed by atoms with E-state index >= 15 is 0 Å². The molecule has 0 aliphatic rings.